The molecule has 0 bridgehead atoms. The Balaban J connectivity index is 1.73. The molecule has 0 saturated heterocycles. The molecule has 142 valence electrons. The van der Waals surface area contributed by atoms with Crippen molar-refractivity contribution in [3.63, 3.8) is 0 Å². The van der Waals surface area contributed by atoms with Crippen molar-refractivity contribution in [2.45, 2.75) is 13.5 Å². The van der Waals surface area contributed by atoms with E-state index < -0.39 is 4.92 Å². The van der Waals surface area contributed by atoms with E-state index in [4.69, 9.17) is 27.9 Å². The molecule has 0 unspecified atom stereocenters. The normalized spacial score (nSPS) is 11.0. The summed E-state index contributed by atoms with van der Waals surface area (Å²) in [6, 6.07) is 17.3. The molecule has 0 amide bonds. The largest absolute Gasteiger partial charge is 0.486 e. The van der Waals surface area contributed by atoms with E-state index in [0.717, 1.165) is 22.4 Å². The number of nitro groups is 1. The van der Waals surface area contributed by atoms with Crippen molar-refractivity contribution >= 4 is 40.8 Å². The quantitative estimate of drug-likeness (QED) is 0.261. The van der Waals surface area contributed by atoms with Crippen LogP contribution in [-0.4, -0.2) is 11.1 Å². The van der Waals surface area contributed by atoms with Crippen molar-refractivity contribution in [2.24, 2.45) is 4.99 Å². The van der Waals surface area contributed by atoms with Crippen molar-refractivity contribution < 1.29 is 9.66 Å². The van der Waals surface area contributed by atoms with Crippen molar-refractivity contribution in [3.8, 4) is 5.75 Å². The molecule has 0 aliphatic carbocycles. The highest BCUT2D eigenvalue weighted by Crippen LogP contribution is 2.34. The average Bonchev–Trinajstić information content (AvgIpc) is 2.67. The lowest BCUT2D eigenvalue weighted by Gasteiger charge is -2.11. The lowest BCUT2D eigenvalue weighted by molar-refractivity contribution is -0.384. The molecule has 0 N–H and O–H groups in total. The second-order valence-corrected chi connectivity index (χ2v) is 6.88. The van der Waals surface area contributed by atoms with Gasteiger partial charge in [0, 0.05) is 18.3 Å². The molecule has 0 saturated carbocycles. The van der Waals surface area contributed by atoms with E-state index in [9.17, 15) is 10.1 Å². The molecule has 0 aromatic heterocycles. The summed E-state index contributed by atoms with van der Waals surface area (Å²) in [4.78, 5) is 14.7. The minimum atomic E-state index is -0.449. The molecule has 3 aromatic carbocycles. The molecule has 0 spiro atoms. The van der Waals surface area contributed by atoms with Gasteiger partial charge in [0.1, 0.15) is 6.61 Å². The Morgan fingerprint density at radius 3 is 2.32 bits per heavy atom. The van der Waals surface area contributed by atoms with Crippen LogP contribution in [0.4, 0.5) is 11.4 Å². The summed E-state index contributed by atoms with van der Waals surface area (Å²) < 4.78 is 5.71. The lowest BCUT2D eigenvalue weighted by Crippen LogP contribution is -1.98. The Morgan fingerprint density at radius 2 is 1.71 bits per heavy atom. The molecule has 0 fully saturated rings. The molecular weight excluding hydrogens is 399 g/mol. The first kappa shape index (κ1) is 19.9. The van der Waals surface area contributed by atoms with Crippen molar-refractivity contribution in [2.75, 3.05) is 0 Å². The second-order valence-electron chi connectivity index (χ2n) is 6.07. The van der Waals surface area contributed by atoms with E-state index in [-0.39, 0.29) is 12.3 Å². The van der Waals surface area contributed by atoms with Crippen LogP contribution in [-0.2, 0) is 6.61 Å². The molecule has 7 heteroatoms. The number of non-ortho nitro benzene ring substituents is 1. The maximum atomic E-state index is 10.7. The van der Waals surface area contributed by atoms with Gasteiger partial charge in [-0.15, -0.1) is 0 Å². The van der Waals surface area contributed by atoms with E-state index >= 15 is 0 Å². The number of rotatable bonds is 6. The third-order valence-corrected chi connectivity index (χ3v) is 4.58. The zero-order valence-corrected chi connectivity index (χ0v) is 16.4. The summed E-state index contributed by atoms with van der Waals surface area (Å²) in [5, 5.41) is 11.4. The summed E-state index contributed by atoms with van der Waals surface area (Å²) in [6.45, 7) is 2.18. The van der Waals surface area contributed by atoms with Crippen molar-refractivity contribution in [1.82, 2.24) is 0 Å². The summed E-state index contributed by atoms with van der Waals surface area (Å²) in [6.07, 6.45) is 1.69. The van der Waals surface area contributed by atoms with Gasteiger partial charge in [-0.3, -0.25) is 15.1 Å². The number of nitrogens with zero attached hydrogens (tertiary/aromatic N) is 2. The van der Waals surface area contributed by atoms with E-state index in [1.165, 1.54) is 12.1 Å². The van der Waals surface area contributed by atoms with Crippen LogP contribution in [0.15, 0.2) is 65.7 Å². The van der Waals surface area contributed by atoms with Gasteiger partial charge in [-0.25, -0.2) is 0 Å². The number of hydrogen-bond donors (Lipinski definition) is 0. The number of aliphatic imine (C=N–C) groups is 1. The van der Waals surface area contributed by atoms with Gasteiger partial charge in [0.15, 0.2) is 5.75 Å². The summed E-state index contributed by atoms with van der Waals surface area (Å²) in [5.74, 6) is 0.356. The molecule has 5 nitrogen and oxygen atoms in total. The Hall–Kier alpha value is -2.89. The maximum Gasteiger partial charge on any atom is 0.269 e. The van der Waals surface area contributed by atoms with E-state index in [2.05, 4.69) is 4.99 Å². The van der Waals surface area contributed by atoms with Gasteiger partial charge in [-0.05, 0) is 53.9 Å². The minimum absolute atomic E-state index is 0.0251. The van der Waals surface area contributed by atoms with Crippen LogP contribution in [0.5, 0.6) is 5.75 Å². The van der Waals surface area contributed by atoms with Crippen LogP contribution in [0, 0.1) is 17.0 Å². The van der Waals surface area contributed by atoms with Gasteiger partial charge in [0.2, 0.25) is 0 Å². The van der Waals surface area contributed by atoms with Crippen LogP contribution in [0.2, 0.25) is 10.0 Å². The van der Waals surface area contributed by atoms with E-state index in [0.29, 0.717) is 15.8 Å². The Morgan fingerprint density at radius 1 is 1.07 bits per heavy atom. The van der Waals surface area contributed by atoms with Crippen LogP contribution in [0.25, 0.3) is 0 Å². The molecule has 3 aromatic rings. The fraction of sp³-hybridized carbons (Fsp3) is 0.0952. The predicted molar refractivity (Wildman–Crippen MR) is 112 cm³/mol. The average molecular weight is 415 g/mol. The molecule has 0 heterocycles. The number of para-hydroxylation sites is 1. The number of ether oxygens (including phenoxy) is 1. The van der Waals surface area contributed by atoms with Gasteiger partial charge in [0.05, 0.1) is 20.7 Å². The van der Waals surface area contributed by atoms with Gasteiger partial charge in [0.25, 0.3) is 5.69 Å². The first-order chi connectivity index (χ1) is 13.4. The van der Waals surface area contributed by atoms with E-state index in [1.807, 2.05) is 31.2 Å². The number of aryl methyl sites for hydroxylation is 1. The summed E-state index contributed by atoms with van der Waals surface area (Å²) >= 11 is 12.6. The second kappa shape index (κ2) is 8.87. The zero-order chi connectivity index (χ0) is 20.1. The van der Waals surface area contributed by atoms with Crippen LogP contribution >= 0.6 is 23.2 Å². The molecular formula is C21H16Cl2N2O3. The summed E-state index contributed by atoms with van der Waals surface area (Å²) in [5.41, 5.74) is 3.48. The van der Waals surface area contributed by atoms with Gasteiger partial charge in [-0.1, -0.05) is 41.4 Å². The fourth-order valence-corrected chi connectivity index (χ4v) is 3.13. The molecule has 0 radical (unpaired) electrons. The predicted octanol–water partition coefficient (Wildman–Crippen LogP) is 6.54. The molecule has 3 rings (SSSR count). The lowest BCUT2D eigenvalue weighted by atomic mass is 10.2. The highest BCUT2D eigenvalue weighted by atomic mass is 35.5. The van der Waals surface area contributed by atoms with Crippen LogP contribution < -0.4 is 4.74 Å². The SMILES string of the molecule is Cc1ccccc1N=Cc1cc(Cl)c(OCc2ccc([N+](=O)[O-])cc2)c(Cl)c1. The smallest absolute Gasteiger partial charge is 0.269 e. The Bertz CT molecular complexity index is 1010. The number of benzene rings is 3. The molecule has 28 heavy (non-hydrogen) atoms. The fourth-order valence-electron chi connectivity index (χ4n) is 2.51. The minimum Gasteiger partial charge on any atom is -0.486 e. The number of halogens is 2. The number of hydrogen-bond acceptors (Lipinski definition) is 4. The van der Waals surface area contributed by atoms with Crippen molar-refractivity contribution in [1.29, 1.82) is 0 Å². The van der Waals surface area contributed by atoms with Gasteiger partial charge in [-0.2, -0.15) is 0 Å². The monoisotopic (exact) mass is 414 g/mol. The molecule has 0 aliphatic heterocycles. The molecule has 0 aliphatic rings. The number of nitro benzene ring substituents is 1. The first-order valence-electron chi connectivity index (χ1n) is 8.39. The Kier molecular flexibility index (Phi) is 6.29. The third kappa shape index (κ3) is 4.88. The van der Waals surface area contributed by atoms with Gasteiger partial charge >= 0.3 is 0 Å². The highest BCUT2D eigenvalue weighted by molar-refractivity contribution is 6.37. The van der Waals surface area contributed by atoms with Gasteiger partial charge < -0.3 is 4.74 Å². The molecule has 0 atom stereocenters. The van der Waals surface area contributed by atoms with Crippen LogP contribution in [0.1, 0.15) is 16.7 Å². The topological polar surface area (TPSA) is 64.7 Å². The zero-order valence-electron chi connectivity index (χ0n) is 14.9. The summed E-state index contributed by atoms with van der Waals surface area (Å²) in [7, 11) is 0. The third-order valence-electron chi connectivity index (χ3n) is 4.02. The highest BCUT2D eigenvalue weighted by Gasteiger charge is 2.11. The van der Waals surface area contributed by atoms with Crippen LogP contribution in [0.3, 0.4) is 0 Å². The van der Waals surface area contributed by atoms with Crippen molar-refractivity contribution in [3.05, 3.63) is 97.5 Å². The van der Waals surface area contributed by atoms with E-state index in [1.54, 1.807) is 30.5 Å². The maximum absolute atomic E-state index is 10.7. The standard InChI is InChI=1S/C21H16Cl2N2O3/c1-14-4-2-3-5-20(14)24-12-16-10-18(22)21(19(23)11-16)28-13-15-6-8-17(9-7-15)25(26)27/h2-12H,13H2,1H3. The first-order valence-corrected chi connectivity index (χ1v) is 9.14. The Labute approximate surface area is 172 Å².